The minimum absolute atomic E-state index is 0.0246. The van der Waals surface area contributed by atoms with Crippen LogP contribution in [0.25, 0.3) is 0 Å². The van der Waals surface area contributed by atoms with Crippen molar-refractivity contribution in [2.24, 2.45) is 11.8 Å². The van der Waals surface area contributed by atoms with E-state index < -0.39 is 35.6 Å². The fraction of sp³-hybridized carbons (Fsp3) is 0.842. The molecule has 0 aromatic heterocycles. The van der Waals surface area contributed by atoms with E-state index in [9.17, 15) is 19.5 Å². The average Bonchev–Trinajstić information content (AvgIpc) is 3.24. The summed E-state index contributed by atoms with van der Waals surface area (Å²) in [6.07, 6.45) is 2.54. The fourth-order valence-electron chi connectivity index (χ4n) is 5.14. The molecule has 0 aromatic rings. The number of carbonyl (C=O) groups is 3. The van der Waals surface area contributed by atoms with E-state index in [1.807, 2.05) is 13.8 Å². The lowest BCUT2D eigenvalue weighted by Gasteiger charge is -2.34. The van der Waals surface area contributed by atoms with Crippen LogP contribution in [0.2, 0.25) is 0 Å². The minimum atomic E-state index is -1.01. The molecule has 0 saturated carbocycles. The van der Waals surface area contributed by atoms with Crippen LogP contribution < -0.4 is 5.32 Å². The molecule has 6 atom stereocenters. The summed E-state index contributed by atoms with van der Waals surface area (Å²) in [6.45, 7) is 5.71. The maximum Gasteiger partial charge on any atom is 0.312 e. The number of nitrogens with zero attached hydrogens (tertiary/aromatic N) is 1. The Kier molecular flexibility index (Phi) is 5.76. The summed E-state index contributed by atoms with van der Waals surface area (Å²) in [5, 5.41) is 12.4. The Morgan fingerprint density at radius 1 is 1.44 bits per heavy atom. The first-order chi connectivity index (χ1) is 12.9. The van der Waals surface area contributed by atoms with Gasteiger partial charge >= 0.3 is 5.97 Å². The number of amides is 2. The Hall–Kier alpha value is -1.67. The van der Waals surface area contributed by atoms with Crippen molar-refractivity contribution < 1.29 is 29.0 Å². The highest BCUT2D eigenvalue weighted by atomic mass is 16.6. The lowest BCUT2D eigenvalue weighted by molar-refractivity contribution is -0.154. The van der Waals surface area contributed by atoms with Crippen LogP contribution in [0.3, 0.4) is 0 Å². The molecule has 3 aliphatic heterocycles. The van der Waals surface area contributed by atoms with Gasteiger partial charge < -0.3 is 24.8 Å². The van der Waals surface area contributed by atoms with Crippen LogP contribution in [0.4, 0.5) is 0 Å². The molecule has 2 N–H and O–H groups in total. The lowest BCUT2D eigenvalue weighted by Crippen LogP contribution is -2.56. The molecule has 8 heteroatoms. The predicted octanol–water partition coefficient (Wildman–Crippen LogP) is 0.221. The topological polar surface area (TPSA) is 105 Å². The van der Waals surface area contributed by atoms with Crippen molar-refractivity contribution in [2.75, 3.05) is 19.8 Å². The van der Waals surface area contributed by atoms with E-state index in [1.54, 1.807) is 6.92 Å². The molecule has 152 valence electrons. The zero-order valence-corrected chi connectivity index (χ0v) is 16.3. The number of hydrogen-bond acceptors (Lipinski definition) is 6. The molecule has 2 amide bonds. The number of esters is 1. The largest absolute Gasteiger partial charge is 0.466 e. The molecule has 3 fully saturated rings. The second-order valence-electron chi connectivity index (χ2n) is 7.76. The molecule has 1 unspecified atom stereocenters. The quantitative estimate of drug-likeness (QED) is 0.582. The van der Waals surface area contributed by atoms with Crippen LogP contribution in [0.15, 0.2) is 0 Å². The average molecular weight is 382 g/mol. The summed E-state index contributed by atoms with van der Waals surface area (Å²) in [5.41, 5.74) is -1.01. The number of aliphatic hydroxyl groups excluding tert-OH is 1. The zero-order chi connectivity index (χ0) is 19.8. The van der Waals surface area contributed by atoms with Crippen LogP contribution >= 0.6 is 0 Å². The van der Waals surface area contributed by atoms with Crippen molar-refractivity contribution in [1.82, 2.24) is 10.2 Å². The number of hydrogen-bond donors (Lipinski definition) is 2. The van der Waals surface area contributed by atoms with Crippen molar-refractivity contribution >= 4 is 17.8 Å². The van der Waals surface area contributed by atoms with Crippen LogP contribution in [-0.2, 0) is 23.9 Å². The number of ether oxygens (including phenoxy) is 2. The molecular weight excluding hydrogens is 352 g/mol. The molecule has 3 heterocycles. The number of β-amino-alcohol motifs (C(OH)–C–C–N with tert-alkyl or cyclic N) is 1. The molecule has 3 saturated heterocycles. The zero-order valence-electron chi connectivity index (χ0n) is 16.3. The van der Waals surface area contributed by atoms with Crippen molar-refractivity contribution in [2.45, 2.75) is 70.2 Å². The fourth-order valence-corrected chi connectivity index (χ4v) is 5.14. The summed E-state index contributed by atoms with van der Waals surface area (Å²) in [6, 6.07) is -0.852. The molecule has 0 radical (unpaired) electrons. The Balaban J connectivity index is 1.92. The van der Waals surface area contributed by atoms with Gasteiger partial charge in [0.1, 0.15) is 11.6 Å². The maximum atomic E-state index is 13.2. The maximum absolute atomic E-state index is 13.2. The van der Waals surface area contributed by atoms with Crippen molar-refractivity contribution in [1.29, 1.82) is 0 Å². The van der Waals surface area contributed by atoms with Gasteiger partial charge in [0, 0.05) is 12.6 Å². The summed E-state index contributed by atoms with van der Waals surface area (Å²) >= 11 is 0. The van der Waals surface area contributed by atoms with Crippen LogP contribution in [0.1, 0.15) is 46.5 Å². The third-order valence-electron chi connectivity index (χ3n) is 6.06. The van der Waals surface area contributed by atoms with E-state index in [0.717, 1.165) is 12.8 Å². The first-order valence-electron chi connectivity index (χ1n) is 9.97. The molecule has 0 aromatic carbocycles. The van der Waals surface area contributed by atoms with Gasteiger partial charge in [0.25, 0.3) is 0 Å². The number of carbonyl (C=O) groups excluding carboxylic acids is 3. The van der Waals surface area contributed by atoms with Gasteiger partial charge in [-0.25, -0.2) is 0 Å². The van der Waals surface area contributed by atoms with Crippen LogP contribution in [0.5, 0.6) is 0 Å². The summed E-state index contributed by atoms with van der Waals surface area (Å²) in [5.74, 6) is -2.41. The van der Waals surface area contributed by atoms with E-state index in [-0.39, 0.29) is 37.6 Å². The molecule has 3 rings (SSSR count). The van der Waals surface area contributed by atoms with Crippen molar-refractivity contribution in [3.8, 4) is 0 Å². The van der Waals surface area contributed by atoms with E-state index >= 15 is 0 Å². The highest BCUT2D eigenvalue weighted by Crippen LogP contribution is 2.58. The van der Waals surface area contributed by atoms with Gasteiger partial charge in [0.15, 0.2) is 0 Å². The molecule has 2 bridgehead atoms. The van der Waals surface area contributed by atoms with Crippen LogP contribution in [-0.4, -0.2) is 71.3 Å². The number of aliphatic hydroxyl groups is 1. The predicted molar refractivity (Wildman–Crippen MR) is 95.6 cm³/mol. The van der Waals surface area contributed by atoms with E-state index in [2.05, 4.69) is 5.32 Å². The first-order valence-corrected chi connectivity index (χ1v) is 9.97. The summed E-state index contributed by atoms with van der Waals surface area (Å²) < 4.78 is 11.4. The van der Waals surface area contributed by atoms with Gasteiger partial charge in [-0.1, -0.05) is 13.3 Å². The highest BCUT2D eigenvalue weighted by molar-refractivity contribution is 5.98. The third kappa shape index (κ3) is 3.12. The second kappa shape index (κ2) is 7.75. The first kappa shape index (κ1) is 20.1. The Labute approximate surface area is 159 Å². The van der Waals surface area contributed by atoms with E-state index in [1.165, 1.54) is 4.90 Å². The van der Waals surface area contributed by atoms with E-state index in [0.29, 0.717) is 12.8 Å². The minimum Gasteiger partial charge on any atom is -0.466 e. The molecule has 1 spiro atoms. The normalized spacial score (nSPS) is 35.3. The molecule has 27 heavy (non-hydrogen) atoms. The standard InChI is InChI=1S/C19H30N2O6/c1-4-6-11(3)20-16(23)15-19-8-7-12(27-19)13(18(25)26-5-2)14(19)17(24)21(15)9-10-22/h11-15,22H,4-10H2,1-3H3,(H,20,23)/t11?,12-,13+,14+,15-,19+/m1/s1. The molecule has 3 aliphatic rings. The second-order valence-corrected chi connectivity index (χ2v) is 7.76. The van der Waals surface area contributed by atoms with Gasteiger partial charge in [-0.05, 0) is 33.1 Å². The number of nitrogens with one attached hydrogen (secondary N) is 1. The third-order valence-corrected chi connectivity index (χ3v) is 6.06. The number of fused-ring (bicyclic) bond motifs is 1. The van der Waals surface area contributed by atoms with Crippen molar-refractivity contribution in [3.63, 3.8) is 0 Å². The molecule has 8 nitrogen and oxygen atoms in total. The molecule has 0 aliphatic carbocycles. The SMILES string of the molecule is CCCC(C)NC(=O)[C@H]1N(CCO)C(=O)[C@@H]2[C@@H](C(=O)OCC)[C@H]3CC[C@]21O3. The number of likely N-dealkylation sites (tertiary alicyclic amines) is 1. The molecular formula is C19H30N2O6. The van der Waals surface area contributed by atoms with Gasteiger partial charge in [-0.2, -0.15) is 0 Å². The van der Waals surface area contributed by atoms with Crippen molar-refractivity contribution in [3.05, 3.63) is 0 Å². The smallest absolute Gasteiger partial charge is 0.312 e. The summed E-state index contributed by atoms with van der Waals surface area (Å²) in [4.78, 5) is 40.2. The summed E-state index contributed by atoms with van der Waals surface area (Å²) in [7, 11) is 0. The number of rotatable bonds is 8. The monoisotopic (exact) mass is 382 g/mol. The van der Waals surface area contributed by atoms with E-state index in [4.69, 9.17) is 9.47 Å². The van der Waals surface area contributed by atoms with Gasteiger partial charge in [-0.15, -0.1) is 0 Å². The lowest BCUT2D eigenvalue weighted by atomic mass is 9.70. The Morgan fingerprint density at radius 3 is 2.81 bits per heavy atom. The van der Waals surface area contributed by atoms with Gasteiger partial charge in [0.05, 0.1) is 31.2 Å². The van der Waals surface area contributed by atoms with Gasteiger partial charge in [-0.3, -0.25) is 14.4 Å². The Bertz CT molecular complexity index is 611. The van der Waals surface area contributed by atoms with Crippen LogP contribution in [0, 0.1) is 11.8 Å². The van der Waals surface area contributed by atoms with Gasteiger partial charge in [0.2, 0.25) is 11.8 Å². The highest BCUT2D eigenvalue weighted by Gasteiger charge is 2.74. The Morgan fingerprint density at radius 2 is 2.19 bits per heavy atom.